The standard InChI is InChI=1S/C22H17FN6O3/c1-12-20(30)28-17-10-15(6-7-18(17)32-12)26-19-16(23)11-25-22(29-19)27-14-4-2-13(3-5-14)21-24-8-9-31-21/h2-12H,1H3,(H,28,30)(H2,25,26,27,29)/t12-/m0/s1. The minimum Gasteiger partial charge on any atom is -0.479 e. The molecule has 0 fully saturated rings. The van der Waals surface area contributed by atoms with Crippen LogP contribution in [0.15, 0.2) is 65.5 Å². The largest absolute Gasteiger partial charge is 0.479 e. The summed E-state index contributed by atoms with van der Waals surface area (Å²) in [5.74, 6) is 0.379. The number of anilines is 5. The highest BCUT2D eigenvalue weighted by molar-refractivity contribution is 5.98. The number of carbonyl (C=O) groups excluding carboxylic acids is 1. The maximum Gasteiger partial charge on any atom is 0.265 e. The minimum absolute atomic E-state index is 0.0183. The molecule has 1 aliphatic rings. The molecule has 0 spiro atoms. The van der Waals surface area contributed by atoms with Gasteiger partial charge in [-0.2, -0.15) is 4.98 Å². The second kappa shape index (κ2) is 7.99. The Labute approximate surface area is 181 Å². The number of halogens is 1. The predicted octanol–water partition coefficient (Wildman–Crippen LogP) is 4.48. The van der Waals surface area contributed by atoms with Gasteiger partial charge < -0.3 is 25.1 Å². The highest BCUT2D eigenvalue weighted by atomic mass is 19.1. The highest BCUT2D eigenvalue weighted by Gasteiger charge is 2.23. The number of nitrogens with one attached hydrogen (secondary N) is 3. The summed E-state index contributed by atoms with van der Waals surface area (Å²) in [7, 11) is 0. The lowest BCUT2D eigenvalue weighted by Crippen LogP contribution is -2.34. The van der Waals surface area contributed by atoms with Gasteiger partial charge in [-0.25, -0.2) is 14.4 Å². The molecule has 1 amide bonds. The van der Waals surface area contributed by atoms with Crippen LogP contribution in [0.2, 0.25) is 0 Å². The van der Waals surface area contributed by atoms with Crippen LogP contribution in [0.1, 0.15) is 6.92 Å². The van der Waals surface area contributed by atoms with Gasteiger partial charge >= 0.3 is 0 Å². The summed E-state index contributed by atoms with van der Waals surface area (Å²) in [5.41, 5.74) is 2.56. The molecule has 0 saturated carbocycles. The summed E-state index contributed by atoms with van der Waals surface area (Å²) in [4.78, 5) is 24.1. The maximum atomic E-state index is 14.3. The van der Waals surface area contributed by atoms with E-state index in [1.54, 1.807) is 31.3 Å². The predicted molar refractivity (Wildman–Crippen MR) is 116 cm³/mol. The van der Waals surface area contributed by atoms with Crippen LogP contribution >= 0.6 is 0 Å². The van der Waals surface area contributed by atoms with Crippen molar-refractivity contribution in [2.45, 2.75) is 13.0 Å². The molecule has 2 aromatic carbocycles. The van der Waals surface area contributed by atoms with E-state index in [2.05, 4.69) is 30.9 Å². The van der Waals surface area contributed by atoms with Gasteiger partial charge in [0.25, 0.3) is 5.91 Å². The van der Waals surface area contributed by atoms with Gasteiger partial charge in [0.2, 0.25) is 11.8 Å². The van der Waals surface area contributed by atoms with E-state index in [0.29, 0.717) is 28.7 Å². The first-order valence-electron chi connectivity index (χ1n) is 9.73. The number of nitrogens with zero attached hydrogens (tertiary/aromatic N) is 3. The molecule has 0 unspecified atom stereocenters. The molecule has 1 aliphatic heterocycles. The van der Waals surface area contributed by atoms with E-state index in [1.165, 1.54) is 6.26 Å². The summed E-state index contributed by atoms with van der Waals surface area (Å²) >= 11 is 0. The van der Waals surface area contributed by atoms with Crippen molar-refractivity contribution in [3.8, 4) is 17.2 Å². The van der Waals surface area contributed by atoms with Crippen molar-refractivity contribution in [2.24, 2.45) is 0 Å². The molecular formula is C22H17FN6O3. The van der Waals surface area contributed by atoms with E-state index < -0.39 is 11.9 Å². The molecule has 0 aliphatic carbocycles. The number of hydrogen-bond acceptors (Lipinski definition) is 8. The van der Waals surface area contributed by atoms with Crippen molar-refractivity contribution >= 4 is 34.7 Å². The van der Waals surface area contributed by atoms with Gasteiger partial charge in [-0.3, -0.25) is 4.79 Å². The number of oxazole rings is 1. The van der Waals surface area contributed by atoms with Crippen molar-refractivity contribution in [1.29, 1.82) is 0 Å². The third-order valence-electron chi connectivity index (χ3n) is 4.74. The third kappa shape index (κ3) is 3.93. The van der Waals surface area contributed by atoms with Gasteiger partial charge in [0.1, 0.15) is 12.0 Å². The molecule has 9 nitrogen and oxygen atoms in total. The Bertz CT molecular complexity index is 1280. The molecule has 160 valence electrons. The van der Waals surface area contributed by atoms with E-state index in [9.17, 15) is 9.18 Å². The van der Waals surface area contributed by atoms with Crippen LogP contribution < -0.4 is 20.7 Å². The summed E-state index contributed by atoms with van der Waals surface area (Å²) in [6.07, 6.45) is 3.58. The smallest absolute Gasteiger partial charge is 0.265 e. The van der Waals surface area contributed by atoms with Crippen molar-refractivity contribution in [2.75, 3.05) is 16.0 Å². The number of benzene rings is 2. The van der Waals surface area contributed by atoms with Gasteiger partial charge in [0.05, 0.1) is 18.1 Å². The Kier molecular flexibility index (Phi) is 4.86. The average Bonchev–Trinajstić information content (AvgIpc) is 3.33. The molecule has 3 heterocycles. The molecular weight excluding hydrogens is 415 g/mol. The Hall–Kier alpha value is -4.47. The van der Waals surface area contributed by atoms with E-state index in [0.717, 1.165) is 11.8 Å². The van der Waals surface area contributed by atoms with Gasteiger partial charge in [-0.1, -0.05) is 0 Å². The van der Waals surface area contributed by atoms with Gasteiger partial charge in [-0.05, 0) is 49.4 Å². The van der Waals surface area contributed by atoms with Gasteiger partial charge in [0, 0.05) is 16.9 Å². The topological polar surface area (TPSA) is 114 Å². The average molecular weight is 432 g/mol. The molecule has 10 heteroatoms. The molecule has 32 heavy (non-hydrogen) atoms. The lowest BCUT2D eigenvalue weighted by Gasteiger charge is -2.23. The van der Waals surface area contributed by atoms with Crippen LogP contribution in [0, 0.1) is 5.82 Å². The molecule has 4 aromatic rings. The second-order valence-electron chi connectivity index (χ2n) is 7.02. The van der Waals surface area contributed by atoms with Crippen LogP contribution in [0.3, 0.4) is 0 Å². The zero-order valence-corrected chi connectivity index (χ0v) is 16.8. The van der Waals surface area contributed by atoms with Crippen LogP contribution in [0.4, 0.5) is 33.2 Å². The van der Waals surface area contributed by atoms with Crippen LogP contribution in [0.25, 0.3) is 11.5 Å². The summed E-state index contributed by atoms with van der Waals surface area (Å²) in [6, 6.07) is 12.3. The Balaban J connectivity index is 1.33. The first kappa shape index (κ1) is 19.5. The monoisotopic (exact) mass is 432 g/mol. The lowest BCUT2D eigenvalue weighted by molar-refractivity contribution is -0.122. The summed E-state index contributed by atoms with van der Waals surface area (Å²) in [6.45, 7) is 1.66. The number of carbonyl (C=O) groups is 1. The Morgan fingerprint density at radius 1 is 1.06 bits per heavy atom. The molecule has 3 N–H and O–H groups in total. The number of aromatic nitrogens is 3. The Morgan fingerprint density at radius 3 is 2.66 bits per heavy atom. The number of rotatable bonds is 5. The van der Waals surface area contributed by atoms with Crippen LogP contribution in [-0.4, -0.2) is 27.0 Å². The zero-order valence-electron chi connectivity index (χ0n) is 16.8. The number of amides is 1. The third-order valence-corrected chi connectivity index (χ3v) is 4.74. The quantitative estimate of drug-likeness (QED) is 0.423. The van der Waals surface area contributed by atoms with E-state index in [4.69, 9.17) is 9.15 Å². The lowest BCUT2D eigenvalue weighted by atomic mass is 10.2. The van der Waals surface area contributed by atoms with Crippen molar-refractivity contribution in [1.82, 2.24) is 15.0 Å². The fourth-order valence-electron chi connectivity index (χ4n) is 3.13. The van der Waals surface area contributed by atoms with Crippen molar-refractivity contribution in [3.63, 3.8) is 0 Å². The maximum absolute atomic E-state index is 14.3. The Morgan fingerprint density at radius 2 is 1.88 bits per heavy atom. The van der Waals surface area contributed by atoms with E-state index >= 15 is 0 Å². The van der Waals surface area contributed by atoms with Gasteiger partial charge in [0.15, 0.2) is 17.7 Å². The molecule has 0 bridgehead atoms. The SMILES string of the molecule is C[C@@H]1Oc2ccc(Nc3nc(Nc4ccc(-c5ncco5)cc4)ncc3F)cc2NC1=O. The van der Waals surface area contributed by atoms with E-state index in [-0.39, 0.29) is 17.7 Å². The molecule has 0 radical (unpaired) electrons. The fraction of sp³-hybridized carbons (Fsp3) is 0.0909. The highest BCUT2D eigenvalue weighted by Crippen LogP contribution is 2.33. The number of hydrogen-bond donors (Lipinski definition) is 3. The molecule has 5 rings (SSSR count). The summed E-state index contributed by atoms with van der Waals surface area (Å²) in [5, 5.41) is 8.70. The number of ether oxygens (including phenoxy) is 1. The zero-order chi connectivity index (χ0) is 22.1. The van der Waals surface area contributed by atoms with Crippen LogP contribution in [0.5, 0.6) is 5.75 Å². The number of fused-ring (bicyclic) bond motifs is 1. The normalized spacial score (nSPS) is 14.8. The van der Waals surface area contributed by atoms with Crippen molar-refractivity contribution < 1.29 is 18.3 Å². The fourth-order valence-corrected chi connectivity index (χ4v) is 3.13. The van der Waals surface area contributed by atoms with E-state index in [1.807, 2.05) is 24.3 Å². The molecule has 2 aromatic heterocycles. The molecule has 0 saturated heterocycles. The van der Waals surface area contributed by atoms with Crippen LogP contribution in [-0.2, 0) is 4.79 Å². The minimum atomic E-state index is -0.624. The summed E-state index contributed by atoms with van der Waals surface area (Å²) < 4.78 is 25.1. The van der Waals surface area contributed by atoms with Crippen molar-refractivity contribution in [3.05, 3.63) is 66.9 Å². The second-order valence-corrected chi connectivity index (χ2v) is 7.02. The first-order valence-corrected chi connectivity index (χ1v) is 9.73. The first-order chi connectivity index (χ1) is 15.5. The van der Waals surface area contributed by atoms with Gasteiger partial charge in [-0.15, -0.1) is 0 Å². The molecule has 1 atom stereocenters.